The maximum Gasteiger partial charge on any atom is 0.433 e. The van der Waals surface area contributed by atoms with E-state index in [0.717, 1.165) is 17.1 Å². The number of hydrogen-bond acceptors (Lipinski definition) is 10. The Kier molecular flexibility index (Phi) is 13.4. The van der Waals surface area contributed by atoms with Crippen molar-refractivity contribution in [2.75, 3.05) is 66.0 Å². The molecule has 1 aliphatic carbocycles. The molecule has 0 radical (unpaired) electrons. The predicted octanol–water partition coefficient (Wildman–Crippen LogP) is 6.39. The summed E-state index contributed by atoms with van der Waals surface area (Å²) in [5, 5.41) is 16.1. The Morgan fingerprint density at radius 3 is 2.32 bits per heavy atom. The van der Waals surface area contributed by atoms with Gasteiger partial charge >= 0.3 is 12.4 Å². The van der Waals surface area contributed by atoms with Crippen LogP contribution in [0.5, 0.6) is 5.75 Å². The summed E-state index contributed by atoms with van der Waals surface area (Å²) in [5.74, 6) is -6.29. The van der Waals surface area contributed by atoms with Crippen molar-refractivity contribution < 1.29 is 64.0 Å². The molecule has 0 atom stereocenters. The number of ether oxygens (including phenoxy) is 3. The molecule has 5 rings (SSSR count). The molecular formula is C37H40F8N6O6. The average Bonchev–Trinajstić information content (AvgIpc) is 3.66. The van der Waals surface area contributed by atoms with Gasteiger partial charge in [0.2, 0.25) is 5.82 Å². The van der Waals surface area contributed by atoms with Crippen LogP contribution in [-0.2, 0) is 38.0 Å². The molecule has 0 bridgehead atoms. The number of alkyl halides is 6. The molecular weight excluding hydrogens is 776 g/mol. The summed E-state index contributed by atoms with van der Waals surface area (Å²) in [6.07, 6.45) is -7.95. The highest BCUT2D eigenvalue weighted by Gasteiger charge is 2.53. The van der Waals surface area contributed by atoms with E-state index < -0.39 is 93.2 Å². The van der Waals surface area contributed by atoms with E-state index >= 15 is 8.78 Å². The first kappa shape index (κ1) is 43.2. The van der Waals surface area contributed by atoms with Crippen LogP contribution in [0.1, 0.15) is 42.5 Å². The fourth-order valence-electron chi connectivity index (χ4n) is 6.63. The Balaban J connectivity index is 1.39. The molecule has 0 saturated heterocycles. The second kappa shape index (κ2) is 17.7. The smallest absolute Gasteiger partial charge is 0.433 e. The minimum Gasteiger partial charge on any atom is -0.509 e. The summed E-state index contributed by atoms with van der Waals surface area (Å²) in [6.45, 7) is 1.57. The summed E-state index contributed by atoms with van der Waals surface area (Å²) in [4.78, 5) is 36.8. The van der Waals surface area contributed by atoms with Crippen molar-refractivity contribution in [3.63, 3.8) is 0 Å². The van der Waals surface area contributed by atoms with Crippen LogP contribution in [0.25, 0.3) is 11.3 Å². The molecule has 2 amide bonds. The van der Waals surface area contributed by atoms with Gasteiger partial charge in [0.05, 0.1) is 48.8 Å². The van der Waals surface area contributed by atoms with Crippen LogP contribution in [0.4, 0.5) is 40.8 Å². The highest BCUT2D eigenvalue weighted by atomic mass is 19.4. The second-order valence-electron chi connectivity index (χ2n) is 13.5. The molecule has 2 aliphatic rings. The van der Waals surface area contributed by atoms with E-state index in [-0.39, 0.29) is 31.6 Å². The first-order valence-electron chi connectivity index (χ1n) is 17.7. The number of nitrogens with zero attached hydrogens (tertiary/aromatic N) is 5. The van der Waals surface area contributed by atoms with Gasteiger partial charge < -0.3 is 29.5 Å². The molecule has 1 aliphatic heterocycles. The fourth-order valence-corrected chi connectivity index (χ4v) is 6.63. The first-order chi connectivity index (χ1) is 26.9. The third kappa shape index (κ3) is 9.62. The van der Waals surface area contributed by atoms with Crippen LogP contribution in [0.2, 0.25) is 0 Å². The van der Waals surface area contributed by atoms with Gasteiger partial charge in [-0.2, -0.15) is 30.7 Å². The molecule has 3 aromatic rings. The van der Waals surface area contributed by atoms with Gasteiger partial charge in [-0.05, 0) is 50.2 Å². The number of anilines is 1. The predicted molar refractivity (Wildman–Crippen MR) is 187 cm³/mol. The number of likely N-dealkylation sites (N-methyl/N-ethyl adjacent to an activating group) is 2. The monoisotopic (exact) mass is 816 g/mol. The van der Waals surface area contributed by atoms with E-state index in [9.17, 15) is 41.0 Å². The molecule has 2 N–H and O–H groups in total. The third-order valence-corrected chi connectivity index (χ3v) is 9.82. The zero-order valence-electron chi connectivity index (χ0n) is 31.1. The molecule has 1 fully saturated rings. The van der Waals surface area contributed by atoms with E-state index in [4.69, 9.17) is 14.2 Å². The third-order valence-electron chi connectivity index (χ3n) is 9.82. The molecule has 1 spiro atoms. The number of hydrogen-bond donors (Lipinski definition) is 2. The second-order valence-corrected chi connectivity index (χ2v) is 13.5. The number of carbonyl (C=O) groups excluding carboxylic acids is 2. The minimum absolute atomic E-state index is 0.0817. The number of halogens is 8. The van der Waals surface area contributed by atoms with E-state index in [0.29, 0.717) is 63.7 Å². The summed E-state index contributed by atoms with van der Waals surface area (Å²) in [7, 11) is 4.91. The fraction of sp³-hybridized carbons (Fsp3) is 0.459. The summed E-state index contributed by atoms with van der Waals surface area (Å²) >= 11 is 0. The number of benzene rings is 2. The number of rotatable bonds is 15. The van der Waals surface area contributed by atoms with Crippen molar-refractivity contribution in [3.8, 4) is 17.0 Å². The summed E-state index contributed by atoms with van der Waals surface area (Å²) < 4.78 is 128. The van der Waals surface area contributed by atoms with Gasteiger partial charge in [0.1, 0.15) is 30.0 Å². The Labute approximate surface area is 322 Å². The van der Waals surface area contributed by atoms with Crippen molar-refractivity contribution in [2.45, 2.75) is 50.1 Å². The SMILES string of the molecule is COCCN(C)CCOCCOc1ccc(CN2C(=O)C(C(=O)Nc3ccc(C(F)(F)F)cc3-c3cc(C(F)(F)F)ncn3)=C(O)C3(CCCC3)N2C)c(F)c1F. The summed E-state index contributed by atoms with van der Waals surface area (Å²) in [6, 6.07) is 4.53. The highest BCUT2D eigenvalue weighted by molar-refractivity contribution is 6.24. The van der Waals surface area contributed by atoms with Gasteiger partial charge in [-0.1, -0.05) is 18.9 Å². The van der Waals surface area contributed by atoms with Gasteiger partial charge in [0.15, 0.2) is 11.6 Å². The number of amides is 2. The van der Waals surface area contributed by atoms with Gasteiger partial charge in [0, 0.05) is 38.4 Å². The normalized spacial score (nSPS) is 16.3. The van der Waals surface area contributed by atoms with Gasteiger partial charge in [0.25, 0.3) is 11.8 Å². The quantitative estimate of drug-likeness (QED) is 0.101. The van der Waals surface area contributed by atoms with Crippen LogP contribution < -0.4 is 10.1 Å². The number of nitrogens with one attached hydrogen (secondary N) is 1. The van der Waals surface area contributed by atoms with Crippen molar-refractivity contribution in [1.82, 2.24) is 24.9 Å². The molecule has 1 saturated carbocycles. The first-order valence-corrected chi connectivity index (χ1v) is 17.7. The van der Waals surface area contributed by atoms with E-state index in [1.54, 1.807) is 7.11 Å². The lowest BCUT2D eigenvalue weighted by atomic mass is 9.88. The van der Waals surface area contributed by atoms with E-state index in [1.165, 1.54) is 18.1 Å². The van der Waals surface area contributed by atoms with E-state index in [1.807, 2.05) is 11.9 Å². The Morgan fingerprint density at radius 1 is 0.947 bits per heavy atom. The lowest BCUT2D eigenvalue weighted by Crippen LogP contribution is -2.62. The van der Waals surface area contributed by atoms with Crippen molar-refractivity contribution >= 4 is 17.5 Å². The van der Waals surface area contributed by atoms with Crippen LogP contribution in [0.15, 0.2) is 54.1 Å². The number of aliphatic hydroxyl groups is 1. The number of carbonyl (C=O) groups is 2. The van der Waals surface area contributed by atoms with Gasteiger partial charge in [-0.15, -0.1) is 0 Å². The standard InChI is InChI=1S/C37H40F8N6O6/c1-49(12-14-55-3)13-15-56-16-17-57-27-9-6-22(30(38)31(27)39)20-51-34(54)29(32(52)35(50(51)2)10-4-5-11-35)33(53)48-25-8-7-23(36(40,41)42)18-24(25)26-19-28(37(43,44)45)47-21-46-26/h6-9,18-19,21,52H,4-5,10-17,20H2,1-3H3,(H,48,53). The van der Waals surface area contributed by atoms with Crippen molar-refractivity contribution in [1.29, 1.82) is 0 Å². The molecule has 20 heteroatoms. The Hall–Kier alpha value is -4.92. The maximum absolute atomic E-state index is 15.5. The maximum atomic E-state index is 15.5. The number of hydrazine groups is 1. The van der Waals surface area contributed by atoms with Crippen molar-refractivity contribution in [3.05, 3.63) is 82.5 Å². The van der Waals surface area contributed by atoms with Crippen LogP contribution in [0, 0.1) is 11.6 Å². The number of methoxy groups -OCH3 is 1. The molecule has 2 heterocycles. The largest absolute Gasteiger partial charge is 0.509 e. The lowest BCUT2D eigenvalue weighted by molar-refractivity contribution is -0.163. The minimum atomic E-state index is -4.99. The van der Waals surface area contributed by atoms with Gasteiger partial charge in [-0.25, -0.2) is 19.4 Å². The molecule has 12 nitrogen and oxygen atoms in total. The van der Waals surface area contributed by atoms with Gasteiger partial charge in [-0.3, -0.25) is 14.6 Å². The molecule has 57 heavy (non-hydrogen) atoms. The number of aromatic nitrogens is 2. The van der Waals surface area contributed by atoms with Crippen molar-refractivity contribution in [2.24, 2.45) is 0 Å². The zero-order valence-corrected chi connectivity index (χ0v) is 31.1. The topological polar surface area (TPSA) is 130 Å². The zero-order chi connectivity index (χ0) is 41.7. The molecule has 0 unspecified atom stereocenters. The van der Waals surface area contributed by atoms with Crippen LogP contribution >= 0.6 is 0 Å². The average molecular weight is 817 g/mol. The molecule has 1 aromatic heterocycles. The van der Waals surface area contributed by atoms with E-state index in [2.05, 4.69) is 15.3 Å². The molecule has 2 aromatic carbocycles. The lowest BCUT2D eigenvalue weighted by Gasteiger charge is -2.48. The number of aliphatic hydroxyl groups excluding tert-OH is 1. The molecule has 310 valence electrons. The Bertz CT molecular complexity index is 1970. The van der Waals surface area contributed by atoms with Crippen LogP contribution in [0.3, 0.4) is 0 Å². The van der Waals surface area contributed by atoms with Crippen LogP contribution in [-0.4, -0.2) is 108 Å². The summed E-state index contributed by atoms with van der Waals surface area (Å²) in [5.41, 5.74) is -7.03. The highest BCUT2D eigenvalue weighted by Crippen LogP contribution is 2.45. The Morgan fingerprint density at radius 2 is 1.65 bits per heavy atom.